The highest BCUT2D eigenvalue weighted by atomic mass is 16.5. The second-order valence-electron chi connectivity index (χ2n) is 5.98. The van der Waals surface area contributed by atoms with Gasteiger partial charge in [0.05, 0.1) is 0 Å². The fourth-order valence-corrected chi connectivity index (χ4v) is 3.42. The highest BCUT2D eigenvalue weighted by Crippen LogP contribution is 2.53. The lowest BCUT2D eigenvalue weighted by Crippen LogP contribution is -2.45. The minimum absolute atomic E-state index is 0.00464. The van der Waals surface area contributed by atoms with Gasteiger partial charge in [-0.1, -0.05) is 25.0 Å². The number of benzene rings is 1. The quantitative estimate of drug-likeness (QED) is 0.782. The molecule has 1 aromatic carbocycles. The van der Waals surface area contributed by atoms with Crippen LogP contribution in [-0.2, 0) is 6.42 Å². The zero-order valence-corrected chi connectivity index (χ0v) is 12.1. The highest BCUT2D eigenvalue weighted by molar-refractivity contribution is 5.53. The molecule has 0 unspecified atom stereocenters. The van der Waals surface area contributed by atoms with E-state index in [1.165, 1.54) is 6.08 Å². The minimum Gasteiger partial charge on any atom is -0.507 e. The van der Waals surface area contributed by atoms with Crippen molar-refractivity contribution in [3.63, 3.8) is 0 Å². The smallest absolute Gasteiger partial charge is 0.127 e. The number of phenolic OH excluding ortho intramolecular Hbond substituents is 1. The first-order valence-corrected chi connectivity index (χ1v) is 7.39. The molecule has 1 aliphatic carbocycles. The molecule has 2 atom stereocenters. The van der Waals surface area contributed by atoms with Gasteiger partial charge in [0.25, 0.3) is 0 Å². The summed E-state index contributed by atoms with van der Waals surface area (Å²) in [6.07, 6.45) is 2.83. The summed E-state index contributed by atoms with van der Waals surface area (Å²) in [5, 5.41) is 10.7. The number of hydrogen-bond acceptors (Lipinski definition) is 2. The Hall–Kier alpha value is -1.44. The number of aryl methyl sites for hydroxylation is 1. The van der Waals surface area contributed by atoms with Gasteiger partial charge in [-0.05, 0) is 57.5 Å². The molecule has 114 valence electrons. The second-order valence-corrected chi connectivity index (χ2v) is 5.98. The molecule has 2 heteroatoms. The van der Waals surface area contributed by atoms with E-state index in [0.717, 1.165) is 6.42 Å². The second kappa shape index (κ2) is 5.08. The van der Waals surface area contributed by atoms with Crippen LogP contribution in [0.25, 0.3) is 0 Å². The van der Waals surface area contributed by atoms with Crippen LogP contribution in [0.5, 0.6) is 11.5 Å². The molecule has 0 saturated carbocycles. The lowest BCUT2D eigenvalue weighted by Gasteiger charge is -2.46. The average molecular weight is 295 g/mol. The maximum Gasteiger partial charge on any atom is 0.127 e. The third kappa shape index (κ3) is 2.45. The largest absolute Gasteiger partial charge is 0.507 e. The Bertz CT molecular complexity index is 835. The molecule has 1 heterocycles. The molecule has 21 heavy (non-hydrogen) atoms. The van der Waals surface area contributed by atoms with Gasteiger partial charge in [0, 0.05) is 29.7 Å². The number of phenols is 1. The zero-order chi connectivity index (χ0) is 22.7. The summed E-state index contributed by atoms with van der Waals surface area (Å²) in [7, 11) is 0. The molecule has 3 rings (SSSR count). The van der Waals surface area contributed by atoms with Crippen molar-refractivity contribution in [3.05, 3.63) is 34.9 Å². The predicted molar refractivity (Wildman–Crippen MR) is 86.0 cm³/mol. The molecule has 0 amide bonds. The van der Waals surface area contributed by atoms with Crippen LogP contribution in [0.3, 0.4) is 0 Å². The molecule has 0 saturated heterocycles. The number of ether oxygens (including phenoxy) is 1. The molecule has 0 spiro atoms. The van der Waals surface area contributed by atoms with E-state index in [-0.39, 0.29) is 35.5 Å². The van der Waals surface area contributed by atoms with Crippen molar-refractivity contribution in [3.8, 4) is 11.5 Å². The Labute approximate surface area is 140 Å². The predicted octanol–water partition coefficient (Wildman–Crippen LogP) is 4.96. The molecule has 2 aliphatic rings. The van der Waals surface area contributed by atoms with Crippen molar-refractivity contribution in [1.82, 2.24) is 0 Å². The van der Waals surface area contributed by atoms with Gasteiger partial charge in [-0.3, -0.25) is 0 Å². The number of aromatic hydroxyl groups is 1. The summed E-state index contributed by atoms with van der Waals surface area (Å²) in [6.45, 7) is -6.44. The molecular formula is C19H26O2. The molecule has 1 N–H and O–H groups in total. The maximum atomic E-state index is 10.7. The molecular weight excluding hydrogens is 260 g/mol. The Morgan fingerprint density at radius 2 is 2.29 bits per heavy atom. The first-order valence-electron chi connectivity index (χ1n) is 11.9. The molecule has 0 bridgehead atoms. The summed E-state index contributed by atoms with van der Waals surface area (Å²) in [6, 6.07) is 3.12. The van der Waals surface area contributed by atoms with Crippen LogP contribution in [0.15, 0.2) is 23.8 Å². The van der Waals surface area contributed by atoms with Gasteiger partial charge in [0.1, 0.15) is 17.1 Å². The molecule has 1 aliphatic heterocycles. The maximum absolute atomic E-state index is 10.7. The topological polar surface area (TPSA) is 29.5 Å². The number of allylic oxidation sites excluding steroid dienone is 2. The lowest BCUT2D eigenvalue weighted by molar-refractivity contribution is 0.0107. The van der Waals surface area contributed by atoms with Gasteiger partial charge in [-0.2, -0.15) is 0 Å². The molecule has 2 nitrogen and oxygen atoms in total. The molecule has 0 aromatic heterocycles. The van der Waals surface area contributed by atoms with Crippen molar-refractivity contribution >= 4 is 0 Å². The van der Waals surface area contributed by atoms with Gasteiger partial charge in [-0.15, -0.1) is 0 Å². The van der Waals surface area contributed by atoms with Crippen LogP contribution in [0.2, 0.25) is 0 Å². The Morgan fingerprint density at radius 1 is 1.43 bits per heavy atom. The molecule has 1 aromatic rings. The third-order valence-corrected chi connectivity index (χ3v) is 4.38. The van der Waals surface area contributed by atoms with Gasteiger partial charge in [0.2, 0.25) is 0 Å². The van der Waals surface area contributed by atoms with Crippen LogP contribution >= 0.6 is 0 Å². The van der Waals surface area contributed by atoms with Crippen molar-refractivity contribution in [2.45, 2.75) is 64.7 Å². The van der Waals surface area contributed by atoms with Crippen molar-refractivity contribution in [2.24, 2.45) is 5.92 Å². The minimum atomic E-state index is -3.00. The highest BCUT2D eigenvalue weighted by Gasteiger charge is 2.45. The van der Waals surface area contributed by atoms with E-state index < -0.39 is 38.0 Å². The van der Waals surface area contributed by atoms with E-state index in [4.69, 9.17) is 17.1 Å². The van der Waals surface area contributed by atoms with Crippen molar-refractivity contribution in [2.75, 3.05) is 0 Å². The van der Waals surface area contributed by atoms with E-state index in [9.17, 15) is 5.11 Å². The summed E-state index contributed by atoms with van der Waals surface area (Å²) in [4.78, 5) is 0. The fraction of sp³-hybridized carbons (Fsp3) is 0.579. The Kier molecular flexibility index (Phi) is 1.75. The lowest BCUT2D eigenvalue weighted by atomic mass is 9.68. The molecule has 0 radical (unpaired) electrons. The number of hydrogen-bond donors (Lipinski definition) is 1. The van der Waals surface area contributed by atoms with E-state index >= 15 is 0 Å². The van der Waals surface area contributed by atoms with Crippen LogP contribution < -0.4 is 4.74 Å². The van der Waals surface area contributed by atoms with Crippen molar-refractivity contribution in [1.29, 1.82) is 0 Å². The van der Waals surface area contributed by atoms with Gasteiger partial charge < -0.3 is 9.84 Å². The van der Waals surface area contributed by atoms with Crippen LogP contribution in [0, 0.1) is 5.92 Å². The number of fused-ring (bicyclic) bond motifs is 3. The normalized spacial score (nSPS) is 34.5. The zero-order valence-electron chi connectivity index (χ0n) is 21.1. The van der Waals surface area contributed by atoms with Crippen molar-refractivity contribution < 1.29 is 22.2 Å². The van der Waals surface area contributed by atoms with Gasteiger partial charge in [-0.25, -0.2) is 0 Å². The van der Waals surface area contributed by atoms with E-state index in [1.807, 2.05) is 6.92 Å². The van der Waals surface area contributed by atoms with Gasteiger partial charge in [0.15, 0.2) is 0 Å². The average Bonchev–Trinajstić information content (AvgIpc) is 2.57. The summed E-state index contributed by atoms with van der Waals surface area (Å²) in [5.74, 6) is -2.08. The van der Waals surface area contributed by atoms with E-state index in [0.29, 0.717) is 12.0 Å². The Morgan fingerprint density at radius 3 is 3.00 bits per heavy atom. The molecule has 0 fully saturated rings. The number of rotatable bonds is 2. The van der Waals surface area contributed by atoms with Crippen LogP contribution in [0.1, 0.15) is 76.1 Å². The van der Waals surface area contributed by atoms with Crippen LogP contribution in [-0.4, -0.2) is 10.7 Å². The first-order chi connectivity index (χ1) is 13.6. The van der Waals surface area contributed by atoms with Gasteiger partial charge >= 0.3 is 0 Å². The SMILES string of the molecule is [2H]C([2H])([2H])C1=C[C@H]2c3c(O)cc(CCC)cc3OC(C([2H])([2H])[2H])(C([2H])([2H])[2H])[C@@H]2CC1. The summed E-state index contributed by atoms with van der Waals surface area (Å²) in [5.41, 5.74) is -1.43. The standard InChI is InChI=1S/C19H26O2/c1-5-6-13-10-16(20)18-14-9-12(2)7-8-15(14)19(3,4)21-17(18)11-13/h9-11,14-15,20H,5-8H2,1-4H3/t14-,15-/m1/s1/i2D3,3D3,4D3. The first kappa shape index (κ1) is 7.21. The summed E-state index contributed by atoms with van der Waals surface area (Å²) >= 11 is 0. The van der Waals surface area contributed by atoms with E-state index in [2.05, 4.69) is 0 Å². The van der Waals surface area contributed by atoms with E-state index in [1.54, 1.807) is 12.1 Å². The fourth-order valence-electron chi connectivity index (χ4n) is 3.42. The monoisotopic (exact) mass is 295 g/mol. The third-order valence-electron chi connectivity index (χ3n) is 4.38. The van der Waals surface area contributed by atoms with Crippen LogP contribution in [0.4, 0.5) is 0 Å². The Balaban J connectivity index is 2.33. The summed E-state index contributed by atoms with van der Waals surface area (Å²) < 4.78 is 77.8.